The number of hydrogen-bond acceptors (Lipinski definition) is 4. The van der Waals surface area contributed by atoms with Crippen LogP contribution >= 0.6 is 0 Å². The van der Waals surface area contributed by atoms with Gasteiger partial charge in [0.25, 0.3) is 0 Å². The molecule has 4 nitrogen and oxygen atoms in total. The molecule has 4 heterocycles. The number of nitrogens with one attached hydrogen (secondary N) is 1. The maximum atomic E-state index is 14.4. The zero-order chi connectivity index (χ0) is 18.3. The van der Waals surface area contributed by atoms with Gasteiger partial charge in [-0.05, 0) is 75.5 Å². The first-order valence-electron chi connectivity index (χ1n) is 9.38. The van der Waals surface area contributed by atoms with Crippen molar-refractivity contribution in [3.63, 3.8) is 0 Å². The molecule has 3 saturated heterocycles. The fraction of sp³-hybridized carbons (Fsp3) is 0.476. The van der Waals surface area contributed by atoms with Crippen molar-refractivity contribution in [3.8, 4) is 16.9 Å². The third-order valence-electron chi connectivity index (χ3n) is 6.05. The Morgan fingerprint density at radius 2 is 2.00 bits per heavy atom. The second-order valence-corrected chi connectivity index (χ2v) is 7.52. The average Bonchev–Trinajstić information content (AvgIpc) is 2.66. The second-order valence-electron chi connectivity index (χ2n) is 7.52. The highest BCUT2D eigenvalue weighted by Crippen LogP contribution is 2.34. The lowest BCUT2D eigenvalue weighted by Gasteiger charge is -2.50. The second kappa shape index (κ2) is 6.88. The molecule has 3 fully saturated rings. The molecule has 2 aromatic rings. The Bertz CT molecular complexity index is 783. The fourth-order valence-corrected chi connectivity index (χ4v) is 4.45. The number of aryl methyl sites for hydroxylation is 1. The molecule has 3 aliphatic heterocycles. The van der Waals surface area contributed by atoms with Crippen LogP contribution in [0.4, 0.5) is 10.2 Å². The largest absolute Gasteiger partial charge is 0.496 e. The first-order valence-corrected chi connectivity index (χ1v) is 9.38. The summed E-state index contributed by atoms with van der Waals surface area (Å²) < 4.78 is 19.7. The molecule has 0 spiro atoms. The van der Waals surface area contributed by atoms with E-state index in [-0.39, 0.29) is 5.82 Å². The van der Waals surface area contributed by atoms with Gasteiger partial charge in [-0.2, -0.15) is 0 Å². The van der Waals surface area contributed by atoms with Crippen molar-refractivity contribution in [2.24, 2.45) is 5.92 Å². The van der Waals surface area contributed by atoms with Crippen LogP contribution in [0.3, 0.4) is 0 Å². The molecule has 5 heteroatoms. The van der Waals surface area contributed by atoms with Gasteiger partial charge in [-0.15, -0.1) is 0 Å². The van der Waals surface area contributed by atoms with Crippen LogP contribution in [-0.4, -0.2) is 42.2 Å². The van der Waals surface area contributed by atoms with Gasteiger partial charge in [0.15, 0.2) is 0 Å². The van der Waals surface area contributed by atoms with Crippen molar-refractivity contribution in [2.45, 2.75) is 38.8 Å². The molecule has 0 aliphatic carbocycles. The first kappa shape index (κ1) is 17.3. The Kier molecular flexibility index (Phi) is 4.57. The van der Waals surface area contributed by atoms with E-state index in [1.807, 2.05) is 19.1 Å². The summed E-state index contributed by atoms with van der Waals surface area (Å²) in [6.45, 7) is 6.56. The molecule has 5 rings (SSSR count). The first-order chi connectivity index (χ1) is 12.6. The summed E-state index contributed by atoms with van der Waals surface area (Å²) in [7, 11) is 1.60. The molecule has 138 valence electrons. The molecule has 0 unspecified atom stereocenters. The molecular formula is C21H26FN3O. The predicted molar refractivity (Wildman–Crippen MR) is 102 cm³/mol. The van der Waals surface area contributed by atoms with E-state index in [4.69, 9.17) is 4.74 Å². The molecule has 26 heavy (non-hydrogen) atoms. The number of anilines is 1. The molecular weight excluding hydrogens is 329 g/mol. The SMILES string of the molecule is COc1cc(-c2ccc(N[C@@H]3C4CCN(CC4)[C@@H]3C)nc2)c(F)cc1C. The van der Waals surface area contributed by atoms with Crippen LogP contribution in [-0.2, 0) is 0 Å². The monoisotopic (exact) mass is 355 g/mol. The molecule has 1 aromatic carbocycles. The number of benzene rings is 1. The minimum absolute atomic E-state index is 0.253. The molecule has 0 radical (unpaired) electrons. The van der Waals surface area contributed by atoms with Crippen molar-refractivity contribution in [2.75, 3.05) is 25.5 Å². The standard InChI is InChI=1S/C21H26FN3O/c1-13-10-18(22)17(11-19(13)26-3)16-4-5-20(23-12-16)24-21-14(2)25-8-6-15(21)7-9-25/h4-5,10-12,14-15,21H,6-9H2,1-3H3,(H,23,24)/t14-,21+/m1/s1. The highest BCUT2D eigenvalue weighted by Gasteiger charge is 2.39. The van der Waals surface area contributed by atoms with Gasteiger partial charge in [-0.25, -0.2) is 9.37 Å². The number of rotatable bonds is 4. The molecule has 1 aromatic heterocycles. The maximum absolute atomic E-state index is 14.4. The highest BCUT2D eigenvalue weighted by atomic mass is 19.1. The Balaban J connectivity index is 1.54. The number of ether oxygens (including phenoxy) is 1. The van der Waals surface area contributed by atoms with Gasteiger partial charge in [0, 0.05) is 29.4 Å². The lowest BCUT2D eigenvalue weighted by atomic mass is 9.79. The van der Waals surface area contributed by atoms with Gasteiger partial charge in [-0.1, -0.05) is 0 Å². The van der Waals surface area contributed by atoms with Crippen molar-refractivity contribution in [3.05, 3.63) is 41.8 Å². The van der Waals surface area contributed by atoms with Gasteiger partial charge in [0.2, 0.25) is 0 Å². The quantitative estimate of drug-likeness (QED) is 0.896. The van der Waals surface area contributed by atoms with E-state index in [1.165, 1.54) is 32.0 Å². The highest BCUT2D eigenvalue weighted by molar-refractivity contribution is 5.67. The Morgan fingerprint density at radius 1 is 1.23 bits per heavy atom. The van der Waals surface area contributed by atoms with Crippen LogP contribution in [0.25, 0.3) is 11.1 Å². The predicted octanol–water partition coefficient (Wildman–Crippen LogP) is 4.10. The van der Waals surface area contributed by atoms with Crippen molar-refractivity contribution in [1.82, 2.24) is 9.88 Å². The van der Waals surface area contributed by atoms with E-state index in [2.05, 4.69) is 22.1 Å². The summed E-state index contributed by atoms with van der Waals surface area (Å²) in [6.07, 6.45) is 4.25. The Morgan fingerprint density at radius 3 is 2.62 bits per heavy atom. The van der Waals surface area contributed by atoms with Crippen molar-refractivity contribution < 1.29 is 9.13 Å². The van der Waals surface area contributed by atoms with Crippen molar-refractivity contribution in [1.29, 1.82) is 0 Å². The zero-order valence-electron chi connectivity index (χ0n) is 15.6. The van der Waals surface area contributed by atoms with Crippen LogP contribution < -0.4 is 10.1 Å². The lowest BCUT2D eigenvalue weighted by Crippen LogP contribution is -2.59. The van der Waals surface area contributed by atoms with E-state index in [0.29, 0.717) is 23.4 Å². The number of methoxy groups -OCH3 is 1. The number of hydrogen-bond donors (Lipinski definition) is 1. The summed E-state index contributed by atoms with van der Waals surface area (Å²) >= 11 is 0. The van der Waals surface area contributed by atoms with Gasteiger partial charge >= 0.3 is 0 Å². The summed E-state index contributed by atoms with van der Waals surface area (Å²) in [4.78, 5) is 7.10. The minimum atomic E-state index is -0.253. The summed E-state index contributed by atoms with van der Waals surface area (Å²) in [5, 5.41) is 3.62. The third-order valence-corrected chi connectivity index (χ3v) is 6.05. The van der Waals surface area contributed by atoms with E-state index >= 15 is 0 Å². The van der Waals surface area contributed by atoms with Crippen LogP contribution in [0.1, 0.15) is 25.3 Å². The van der Waals surface area contributed by atoms with E-state index in [9.17, 15) is 4.39 Å². The average molecular weight is 355 g/mol. The molecule has 1 N–H and O–H groups in total. The summed E-state index contributed by atoms with van der Waals surface area (Å²) in [5.41, 5.74) is 2.06. The van der Waals surface area contributed by atoms with Gasteiger partial charge in [0.1, 0.15) is 17.4 Å². The number of aromatic nitrogens is 1. The van der Waals surface area contributed by atoms with Gasteiger partial charge in [-0.3, -0.25) is 4.90 Å². The van der Waals surface area contributed by atoms with Crippen LogP contribution in [0.2, 0.25) is 0 Å². The molecule has 2 bridgehead atoms. The van der Waals surface area contributed by atoms with E-state index in [1.54, 1.807) is 19.4 Å². The van der Waals surface area contributed by atoms with Crippen LogP contribution in [0.5, 0.6) is 5.75 Å². The molecule has 3 aliphatic rings. The van der Waals surface area contributed by atoms with Crippen LogP contribution in [0, 0.1) is 18.7 Å². The third kappa shape index (κ3) is 3.05. The van der Waals surface area contributed by atoms with Crippen molar-refractivity contribution >= 4 is 5.82 Å². The topological polar surface area (TPSA) is 37.4 Å². The van der Waals surface area contributed by atoms with E-state index < -0.39 is 0 Å². The minimum Gasteiger partial charge on any atom is -0.496 e. The van der Waals surface area contributed by atoms with Gasteiger partial charge < -0.3 is 10.1 Å². The van der Waals surface area contributed by atoms with E-state index in [0.717, 1.165) is 22.9 Å². The number of fused-ring (bicyclic) bond motifs is 3. The summed E-state index contributed by atoms with van der Waals surface area (Å²) in [6, 6.07) is 8.09. The zero-order valence-corrected chi connectivity index (χ0v) is 15.6. The Labute approximate surface area is 154 Å². The number of nitrogens with zero attached hydrogens (tertiary/aromatic N) is 2. The molecule has 2 atom stereocenters. The smallest absolute Gasteiger partial charge is 0.131 e. The fourth-order valence-electron chi connectivity index (χ4n) is 4.45. The molecule has 0 amide bonds. The summed E-state index contributed by atoms with van der Waals surface area (Å²) in [5.74, 6) is 2.01. The number of halogens is 1. The number of pyridine rings is 1. The van der Waals surface area contributed by atoms with Crippen LogP contribution in [0.15, 0.2) is 30.5 Å². The number of piperidine rings is 3. The lowest BCUT2D eigenvalue weighted by molar-refractivity contribution is 0.0457. The van der Waals surface area contributed by atoms with Gasteiger partial charge in [0.05, 0.1) is 7.11 Å². The Hall–Kier alpha value is -2.14. The normalized spacial score (nSPS) is 27.4. The maximum Gasteiger partial charge on any atom is 0.131 e. The molecule has 0 saturated carbocycles.